The predicted octanol–water partition coefficient (Wildman–Crippen LogP) is -0.0758. The number of unbranched alkanes of at least 4 members (excludes halogenated alkanes) is 2. The smallest absolute Gasteiger partial charge is 0.306 e. The Bertz CT molecular complexity index is 1180. The van der Waals surface area contributed by atoms with E-state index in [9.17, 15) is 39.3 Å². The summed E-state index contributed by atoms with van der Waals surface area (Å²) < 4.78 is 56.8. The SMILES string of the molecule is CCCCCC(=O)O[C@@H]1[C@@H](O[C@@H]2O[C@@H](C)[C@H](OC(C)=O)[C@@H](O[C@@H]3O[C@@H](C)[C@H](OC(C)=O)[C@@H](OC(C)=O)[C@H]3O)[C@H]2OC(C)=O)[C@@H](O)[C@H](O)O[C@H]1C. The fourth-order valence-corrected chi connectivity index (χ4v) is 6.05. The van der Waals surface area contributed by atoms with Crippen molar-refractivity contribution < 1.29 is 86.7 Å². The number of ether oxygens (including phenoxy) is 10. The lowest BCUT2D eigenvalue weighted by molar-refractivity contribution is -0.374. The molecule has 0 aromatic rings. The van der Waals surface area contributed by atoms with Crippen LogP contribution in [0.15, 0.2) is 0 Å². The number of aliphatic hydroxyl groups is 3. The maximum absolute atomic E-state index is 12.7. The monoisotopic (exact) mass is 722 g/mol. The van der Waals surface area contributed by atoms with Gasteiger partial charge in [0.1, 0.15) is 24.4 Å². The lowest BCUT2D eigenvalue weighted by Crippen LogP contribution is -2.67. The Morgan fingerprint density at radius 2 is 0.960 bits per heavy atom. The molecule has 0 aromatic heterocycles. The molecule has 0 saturated carbocycles. The first-order valence-electron chi connectivity index (χ1n) is 16.6. The van der Waals surface area contributed by atoms with Gasteiger partial charge in [-0.25, -0.2) is 0 Å². The van der Waals surface area contributed by atoms with E-state index in [-0.39, 0.29) is 6.42 Å². The summed E-state index contributed by atoms with van der Waals surface area (Å²) in [7, 11) is 0. The van der Waals surface area contributed by atoms with Crippen LogP contribution in [0.3, 0.4) is 0 Å². The first-order chi connectivity index (χ1) is 23.4. The minimum Gasteiger partial charge on any atom is -0.457 e. The van der Waals surface area contributed by atoms with Crippen molar-refractivity contribution in [2.24, 2.45) is 0 Å². The van der Waals surface area contributed by atoms with Crippen LogP contribution in [0.1, 0.15) is 81.1 Å². The predicted molar refractivity (Wildman–Crippen MR) is 163 cm³/mol. The third kappa shape index (κ3) is 10.8. The molecular formula is C32H50O18. The maximum Gasteiger partial charge on any atom is 0.306 e. The van der Waals surface area contributed by atoms with Crippen molar-refractivity contribution >= 4 is 29.8 Å². The summed E-state index contributed by atoms with van der Waals surface area (Å²) in [5.74, 6) is -3.80. The van der Waals surface area contributed by atoms with Gasteiger partial charge in [0, 0.05) is 34.1 Å². The summed E-state index contributed by atoms with van der Waals surface area (Å²) in [6.07, 6.45) is -19.4. The first kappa shape index (κ1) is 41.5. The molecule has 3 fully saturated rings. The molecular weight excluding hydrogens is 672 g/mol. The Labute approximate surface area is 289 Å². The number of hydrogen-bond donors (Lipinski definition) is 3. The zero-order valence-electron chi connectivity index (χ0n) is 29.5. The summed E-state index contributed by atoms with van der Waals surface area (Å²) in [5.41, 5.74) is 0. The van der Waals surface area contributed by atoms with E-state index in [1.165, 1.54) is 20.8 Å². The van der Waals surface area contributed by atoms with Crippen molar-refractivity contribution in [1.82, 2.24) is 0 Å². The van der Waals surface area contributed by atoms with Gasteiger partial charge in [-0.3, -0.25) is 24.0 Å². The van der Waals surface area contributed by atoms with Crippen molar-refractivity contribution in [2.45, 2.75) is 173 Å². The van der Waals surface area contributed by atoms with E-state index < -0.39 is 122 Å². The number of carbonyl (C=O) groups is 5. The highest BCUT2D eigenvalue weighted by Gasteiger charge is 2.57. The molecule has 3 heterocycles. The average Bonchev–Trinajstić information content (AvgIpc) is 3.00. The topological polar surface area (TPSA) is 238 Å². The first-order valence-corrected chi connectivity index (χ1v) is 16.6. The number of hydrogen-bond acceptors (Lipinski definition) is 18. The van der Waals surface area contributed by atoms with Crippen molar-refractivity contribution in [2.75, 3.05) is 0 Å². The van der Waals surface area contributed by atoms with E-state index >= 15 is 0 Å². The summed E-state index contributed by atoms with van der Waals surface area (Å²) >= 11 is 0. The zero-order valence-corrected chi connectivity index (χ0v) is 29.5. The van der Waals surface area contributed by atoms with Crippen LogP contribution in [-0.2, 0) is 71.3 Å². The summed E-state index contributed by atoms with van der Waals surface area (Å²) in [6, 6.07) is 0. The molecule has 3 aliphatic heterocycles. The van der Waals surface area contributed by atoms with Crippen molar-refractivity contribution in [3.05, 3.63) is 0 Å². The van der Waals surface area contributed by atoms with E-state index in [1.807, 2.05) is 6.92 Å². The molecule has 0 aromatic carbocycles. The molecule has 50 heavy (non-hydrogen) atoms. The highest BCUT2D eigenvalue weighted by atomic mass is 16.8. The molecule has 0 spiro atoms. The molecule has 0 bridgehead atoms. The Morgan fingerprint density at radius 1 is 0.520 bits per heavy atom. The van der Waals surface area contributed by atoms with E-state index in [0.29, 0.717) is 6.42 Å². The van der Waals surface area contributed by atoms with Crippen molar-refractivity contribution in [3.8, 4) is 0 Å². The van der Waals surface area contributed by atoms with Crippen LogP contribution in [0.5, 0.6) is 0 Å². The number of esters is 5. The van der Waals surface area contributed by atoms with Crippen LogP contribution in [0.2, 0.25) is 0 Å². The Balaban J connectivity index is 1.99. The largest absolute Gasteiger partial charge is 0.457 e. The van der Waals surface area contributed by atoms with Gasteiger partial charge in [0.05, 0.1) is 18.3 Å². The molecule has 286 valence electrons. The van der Waals surface area contributed by atoms with Gasteiger partial charge in [-0.15, -0.1) is 0 Å². The molecule has 3 N–H and O–H groups in total. The normalized spacial score (nSPS) is 38.7. The van der Waals surface area contributed by atoms with Gasteiger partial charge >= 0.3 is 29.8 Å². The lowest BCUT2D eigenvalue weighted by atomic mass is 9.96. The van der Waals surface area contributed by atoms with Crippen LogP contribution < -0.4 is 0 Å². The van der Waals surface area contributed by atoms with Crippen molar-refractivity contribution in [1.29, 1.82) is 0 Å². The summed E-state index contributed by atoms with van der Waals surface area (Å²) in [6.45, 7) is 10.8. The second-order valence-electron chi connectivity index (χ2n) is 12.5. The highest BCUT2D eigenvalue weighted by molar-refractivity contribution is 5.69. The molecule has 3 rings (SSSR count). The van der Waals surface area contributed by atoms with Crippen molar-refractivity contribution in [3.63, 3.8) is 0 Å². The number of carbonyl (C=O) groups excluding carboxylic acids is 5. The highest BCUT2D eigenvalue weighted by Crippen LogP contribution is 2.36. The summed E-state index contributed by atoms with van der Waals surface area (Å²) in [5, 5.41) is 32.7. The Morgan fingerprint density at radius 3 is 1.50 bits per heavy atom. The maximum atomic E-state index is 12.7. The van der Waals surface area contributed by atoms with Gasteiger partial charge in [-0.1, -0.05) is 19.8 Å². The van der Waals surface area contributed by atoms with Gasteiger partial charge in [0.15, 0.2) is 49.4 Å². The standard InChI is InChI=1S/C32H50O18/c1-9-10-11-12-20(37)48-24-13(2)41-30(40)21(38)26(24)49-32-29(47-19(8)36)28(25(15(4)43-32)45-17(6)34)50-31-22(39)27(46-18(7)35)23(14(3)42-31)44-16(5)33/h13-15,21-32,38-40H,9-12H2,1-8H3/t13-,14-,15-,21+,22+,23-,24-,25-,26-,27-,28+,29+,30+,31-,32-/m0/s1. The van der Waals surface area contributed by atoms with Gasteiger partial charge in [-0.2, -0.15) is 0 Å². The van der Waals surface area contributed by atoms with Crippen LogP contribution in [-0.4, -0.2) is 137 Å². The Kier molecular flexibility index (Phi) is 15.3. The fraction of sp³-hybridized carbons (Fsp3) is 0.844. The second kappa shape index (κ2) is 18.5. The molecule has 0 unspecified atom stereocenters. The lowest BCUT2D eigenvalue weighted by Gasteiger charge is -2.49. The minimum atomic E-state index is -1.79. The van der Waals surface area contributed by atoms with Gasteiger partial charge in [0.2, 0.25) is 0 Å². The van der Waals surface area contributed by atoms with E-state index in [4.69, 9.17) is 47.4 Å². The van der Waals surface area contributed by atoms with E-state index in [1.54, 1.807) is 0 Å². The summed E-state index contributed by atoms with van der Waals surface area (Å²) in [4.78, 5) is 61.2. The number of rotatable bonds is 13. The minimum absolute atomic E-state index is 0.0736. The molecule has 15 atom stereocenters. The van der Waals surface area contributed by atoms with Gasteiger partial charge < -0.3 is 62.7 Å². The Hall–Kier alpha value is -2.97. The molecule has 0 aliphatic carbocycles. The molecule has 3 saturated heterocycles. The van der Waals surface area contributed by atoms with Gasteiger partial charge in [0.25, 0.3) is 0 Å². The quantitative estimate of drug-likeness (QED) is 0.128. The molecule has 3 aliphatic rings. The third-order valence-corrected chi connectivity index (χ3v) is 8.29. The second-order valence-corrected chi connectivity index (χ2v) is 12.5. The van der Waals surface area contributed by atoms with Crippen LogP contribution >= 0.6 is 0 Å². The zero-order chi connectivity index (χ0) is 37.4. The van der Waals surface area contributed by atoms with Crippen LogP contribution in [0.4, 0.5) is 0 Å². The molecule has 0 radical (unpaired) electrons. The number of aliphatic hydroxyl groups excluding tert-OH is 3. The molecule has 18 nitrogen and oxygen atoms in total. The fourth-order valence-electron chi connectivity index (χ4n) is 6.05. The molecule has 18 heteroatoms. The third-order valence-electron chi connectivity index (χ3n) is 8.29. The van der Waals surface area contributed by atoms with Gasteiger partial charge in [-0.05, 0) is 27.2 Å². The van der Waals surface area contributed by atoms with Crippen LogP contribution in [0, 0.1) is 0 Å². The van der Waals surface area contributed by atoms with E-state index in [2.05, 4.69) is 0 Å². The molecule has 0 amide bonds. The van der Waals surface area contributed by atoms with E-state index in [0.717, 1.165) is 40.5 Å². The average molecular weight is 723 g/mol. The van der Waals surface area contributed by atoms with Crippen LogP contribution in [0.25, 0.3) is 0 Å².